The van der Waals surface area contributed by atoms with Crippen molar-refractivity contribution in [2.75, 3.05) is 0 Å². The average Bonchev–Trinajstić information content (AvgIpc) is 2.45. The van der Waals surface area contributed by atoms with Crippen molar-refractivity contribution >= 4 is 39.2 Å². The molecule has 2 aromatic rings. The van der Waals surface area contributed by atoms with Gasteiger partial charge >= 0.3 is 5.97 Å². The number of aliphatic carboxylic acids is 1. The second kappa shape index (κ2) is 6.77. The summed E-state index contributed by atoms with van der Waals surface area (Å²) in [6.07, 6.45) is -0.463. The predicted molar refractivity (Wildman–Crippen MR) is 83.2 cm³/mol. The molecule has 0 amide bonds. The molecule has 2 aromatic carbocycles. The number of rotatable bonds is 4. The van der Waals surface area contributed by atoms with Gasteiger partial charge in [0.2, 0.25) is 0 Å². The summed E-state index contributed by atoms with van der Waals surface area (Å²) in [6, 6.07) is 6.93. The van der Waals surface area contributed by atoms with Crippen LogP contribution >= 0.6 is 27.5 Å². The molecule has 1 N–H and O–H groups in total. The maximum absolute atomic E-state index is 13.9. The van der Waals surface area contributed by atoms with Gasteiger partial charge < -0.3 is 9.84 Å². The molecule has 4 nitrogen and oxygen atoms in total. The molecule has 2 rings (SSSR count). The lowest BCUT2D eigenvalue weighted by molar-refractivity contribution is -0.136. The second-order valence-electron chi connectivity index (χ2n) is 4.27. The molecule has 0 saturated heterocycles. The lowest BCUT2D eigenvalue weighted by Crippen LogP contribution is -2.03. The number of benzene rings is 2. The minimum atomic E-state index is -1.15. The molecule has 0 bridgehead atoms. The molecule has 0 aromatic heterocycles. The minimum absolute atomic E-state index is 0.0210. The van der Waals surface area contributed by atoms with E-state index in [1.165, 1.54) is 6.07 Å². The van der Waals surface area contributed by atoms with Crippen LogP contribution in [0.5, 0.6) is 11.5 Å². The van der Waals surface area contributed by atoms with Gasteiger partial charge in [0.05, 0.1) is 18.0 Å². The summed E-state index contributed by atoms with van der Waals surface area (Å²) >= 11 is 9.25. The van der Waals surface area contributed by atoms with Crippen molar-refractivity contribution < 1.29 is 19.0 Å². The number of halogens is 3. The molecular formula is C15H8BrClFNO3. The quantitative estimate of drug-likeness (QED) is 0.736. The highest BCUT2D eigenvalue weighted by Crippen LogP contribution is 2.36. The number of carboxylic acid groups (broad SMARTS) is 1. The molecule has 0 fully saturated rings. The Morgan fingerprint density at radius 2 is 2.09 bits per heavy atom. The maximum atomic E-state index is 13.9. The summed E-state index contributed by atoms with van der Waals surface area (Å²) in [5.41, 5.74) is 0.403. The fraction of sp³-hybridized carbons (Fsp3) is 0.0667. The Balaban J connectivity index is 2.33. The Labute approximate surface area is 139 Å². The lowest BCUT2D eigenvalue weighted by atomic mass is 10.1. The van der Waals surface area contributed by atoms with Crippen LogP contribution in [0.1, 0.15) is 5.56 Å². The molecule has 0 atom stereocenters. The second-order valence-corrected chi connectivity index (χ2v) is 5.53. The zero-order valence-electron chi connectivity index (χ0n) is 10.9. The highest BCUT2D eigenvalue weighted by atomic mass is 79.9. The van der Waals surface area contributed by atoms with Gasteiger partial charge in [-0.2, -0.15) is 0 Å². The Morgan fingerprint density at radius 1 is 1.36 bits per heavy atom. The topological polar surface area (TPSA) is 50.9 Å². The van der Waals surface area contributed by atoms with E-state index in [0.717, 1.165) is 6.07 Å². The van der Waals surface area contributed by atoms with Crippen molar-refractivity contribution in [2.45, 2.75) is 6.42 Å². The summed E-state index contributed by atoms with van der Waals surface area (Å²) in [7, 11) is 0. The van der Waals surface area contributed by atoms with Crippen molar-refractivity contribution in [1.82, 2.24) is 0 Å². The van der Waals surface area contributed by atoms with Gasteiger partial charge in [-0.05, 0) is 34.1 Å². The molecule has 0 saturated carbocycles. The molecule has 22 heavy (non-hydrogen) atoms. The van der Waals surface area contributed by atoms with Gasteiger partial charge in [0.1, 0.15) is 17.3 Å². The van der Waals surface area contributed by atoms with E-state index in [1.807, 2.05) is 0 Å². The normalized spacial score (nSPS) is 10.1. The lowest BCUT2D eigenvalue weighted by Gasteiger charge is -2.11. The standard InChI is InChI=1S/C15H8BrClFNO3/c1-19-9-2-3-13(10(16)6-9)22-14-7-12(18)8(4-11(14)17)5-15(20)21/h2-4,6-7H,5H2,(H,20,21). The number of hydrogen-bond acceptors (Lipinski definition) is 2. The first-order valence-electron chi connectivity index (χ1n) is 5.95. The zero-order valence-corrected chi connectivity index (χ0v) is 13.3. The van der Waals surface area contributed by atoms with Gasteiger partial charge in [-0.3, -0.25) is 4.79 Å². The molecule has 0 aliphatic heterocycles. The van der Waals surface area contributed by atoms with Crippen LogP contribution in [0, 0.1) is 12.4 Å². The first-order valence-corrected chi connectivity index (χ1v) is 7.12. The minimum Gasteiger partial charge on any atom is -0.481 e. The summed E-state index contributed by atoms with van der Waals surface area (Å²) < 4.78 is 19.9. The van der Waals surface area contributed by atoms with Crippen LogP contribution in [0.3, 0.4) is 0 Å². The molecule has 7 heteroatoms. The third kappa shape index (κ3) is 3.75. The Morgan fingerprint density at radius 3 is 2.68 bits per heavy atom. The zero-order chi connectivity index (χ0) is 16.3. The van der Waals surface area contributed by atoms with Gasteiger partial charge in [0, 0.05) is 16.1 Å². The molecule has 112 valence electrons. The van der Waals surface area contributed by atoms with Crippen LogP contribution in [0.15, 0.2) is 34.8 Å². The third-order valence-corrected chi connectivity index (χ3v) is 3.62. The van der Waals surface area contributed by atoms with Gasteiger partial charge in [-0.25, -0.2) is 9.24 Å². The summed E-state index contributed by atoms with van der Waals surface area (Å²) in [4.78, 5) is 13.9. The van der Waals surface area contributed by atoms with E-state index in [0.29, 0.717) is 15.9 Å². The fourth-order valence-electron chi connectivity index (χ4n) is 1.71. The average molecular weight is 385 g/mol. The van der Waals surface area contributed by atoms with E-state index in [4.69, 9.17) is 28.0 Å². The van der Waals surface area contributed by atoms with Crippen LogP contribution < -0.4 is 4.74 Å². The summed E-state index contributed by atoms with van der Waals surface area (Å²) in [6.45, 7) is 6.92. The molecule has 0 radical (unpaired) electrons. The molecule has 0 aliphatic carbocycles. The summed E-state index contributed by atoms with van der Waals surface area (Å²) in [5.74, 6) is -1.44. The SMILES string of the molecule is [C-]#[N+]c1ccc(Oc2cc(F)c(CC(=O)O)cc2Cl)c(Br)c1. The molecule has 0 unspecified atom stereocenters. The number of carboxylic acids is 1. The molecular weight excluding hydrogens is 377 g/mol. The van der Waals surface area contributed by atoms with Crippen molar-refractivity contribution in [3.05, 3.63) is 62.6 Å². The van der Waals surface area contributed by atoms with E-state index in [1.54, 1.807) is 18.2 Å². The third-order valence-electron chi connectivity index (χ3n) is 2.71. The molecule has 0 spiro atoms. The van der Waals surface area contributed by atoms with Crippen molar-refractivity contribution in [3.63, 3.8) is 0 Å². The largest absolute Gasteiger partial charge is 0.481 e. The van der Waals surface area contributed by atoms with E-state index in [9.17, 15) is 9.18 Å². The molecule has 0 aliphatic rings. The monoisotopic (exact) mass is 383 g/mol. The van der Waals surface area contributed by atoms with Gasteiger partial charge in [-0.1, -0.05) is 17.7 Å². The van der Waals surface area contributed by atoms with E-state index in [-0.39, 0.29) is 16.3 Å². The van der Waals surface area contributed by atoms with Gasteiger partial charge in [0.15, 0.2) is 5.69 Å². The number of carbonyl (C=O) groups is 1. The molecule has 0 heterocycles. The Hall–Kier alpha value is -2.10. The Kier molecular flexibility index (Phi) is 5.01. The van der Waals surface area contributed by atoms with Gasteiger partial charge in [-0.15, -0.1) is 0 Å². The van der Waals surface area contributed by atoms with Crippen molar-refractivity contribution in [3.8, 4) is 11.5 Å². The van der Waals surface area contributed by atoms with Crippen LogP contribution in [0.2, 0.25) is 5.02 Å². The van der Waals surface area contributed by atoms with Gasteiger partial charge in [0.25, 0.3) is 0 Å². The number of ether oxygens (including phenoxy) is 1. The van der Waals surface area contributed by atoms with E-state index in [2.05, 4.69) is 20.8 Å². The van der Waals surface area contributed by atoms with Crippen molar-refractivity contribution in [2.24, 2.45) is 0 Å². The Bertz CT molecular complexity index is 789. The maximum Gasteiger partial charge on any atom is 0.307 e. The smallest absolute Gasteiger partial charge is 0.307 e. The van der Waals surface area contributed by atoms with E-state index < -0.39 is 18.2 Å². The number of hydrogen-bond donors (Lipinski definition) is 1. The first-order chi connectivity index (χ1) is 10.4. The highest BCUT2D eigenvalue weighted by Gasteiger charge is 2.14. The highest BCUT2D eigenvalue weighted by molar-refractivity contribution is 9.10. The van der Waals surface area contributed by atoms with Crippen molar-refractivity contribution in [1.29, 1.82) is 0 Å². The summed E-state index contributed by atoms with van der Waals surface area (Å²) in [5, 5.41) is 8.80. The first kappa shape index (κ1) is 16.3. The van der Waals surface area contributed by atoms with Crippen LogP contribution in [-0.2, 0) is 11.2 Å². The van der Waals surface area contributed by atoms with Crippen LogP contribution in [-0.4, -0.2) is 11.1 Å². The number of nitrogens with zero attached hydrogens (tertiary/aromatic N) is 1. The van der Waals surface area contributed by atoms with Crippen LogP contribution in [0.4, 0.5) is 10.1 Å². The van der Waals surface area contributed by atoms with E-state index >= 15 is 0 Å². The fourth-order valence-corrected chi connectivity index (χ4v) is 2.38. The van der Waals surface area contributed by atoms with Crippen LogP contribution in [0.25, 0.3) is 4.85 Å². The predicted octanol–water partition coefficient (Wildman–Crippen LogP) is 5.21.